The molecule has 0 unspecified atom stereocenters. The van der Waals surface area contributed by atoms with Crippen molar-refractivity contribution in [3.8, 4) is 23.0 Å². The van der Waals surface area contributed by atoms with Gasteiger partial charge in [0, 0.05) is 28.1 Å². The van der Waals surface area contributed by atoms with Crippen molar-refractivity contribution in [3.05, 3.63) is 53.4 Å². The van der Waals surface area contributed by atoms with Gasteiger partial charge < -0.3 is 14.8 Å². The summed E-state index contributed by atoms with van der Waals surface area (Å²) in [6, 6.07) is 10.1. The summed E-state index contributed by atoms with van der Waals surface area (Å²) in [5.41, 5.74) is 3.39. The predicted molar refractivity (Wildman–Crippen MR) is 95.8 cm³/mol. The zero-order chi connectivity index (χ0) is 16.9. The van der Waals surface area contributed by atoms with E-state index in [1.807, 2.05) is 30.3 Å². The van der Waals surface area contributed by atoms with Crippen LogP contribution < -0.4 is 14.8 Å². The molecule has 0 atom stereocenters. The van der Waals surface area contributed by atoms with Crippen LogP contribution in [0.15, 0.2) is 53.4 Å². The van der Waals surface area contributed by atoms with Crippen LogP contribution in [0.4, 0.5) is 11.4 Å². The second-order valence-corrected chi connectivity index (χ2v) is 5.79. The molecule has 0 saturated carbocycles. The van der Waals surface area contributed by atoms with Gasteiger partial charge in [-0.3, -0.25) is 4.98 Å². The zero-order valence-electron chi connectivity index (χ0n) is 13.2. The number of hydrogen-bond acceptors (Lipinski definition) is 6. The summed E-state index contributed by atoms with van der Waals surface area (Å²) in [7, 11) is 3.07. The first-order valence-corrected chi connectivity index (χ1v) is 7.92. The number of ether oxygens (including phenoxy) is 2. The first-order chi connectivity index (χ1) is 11.7. The van der Waals surface area contributed by atoms with Crippen molar-refractivity contribution >= 4 is 27.3 Å². The van der Waals surface area contributed by atoms with Gasteiger partial charge in [0.1, 0.15) is 0 Å². The molecule has 2 aromatic heterocycles. The van der Waals surface area contributed by atoms with Crippen molar-refractivity contribution in [3.63, 3.8) is 0 Å². The van der Waals surface area contributed by atoms with Gasteiger partial charge >= 0.3 is 6.01 Å². The van der Waals surface area contributed by atoms with E-state index >= 15 is 0 Å². The molecule has 7 heteroatoms. The molecule has 122 valence electrons. The van der Waals surface area contributed by atoms with Crippen LogP contribution in [0.2, 0.25) is 0 Å². The minimum atomic E-state index is 0.256. The van der Waals surface area contributed by atoms with E-state index in [0.29, 0.717) is 5.88 Å². The minimum Gasteiger partial charge on any atom is -0.480 e. The van der Waals surface area contributed by atoms with E-state index in [-0.39, 0.29) is 6.01 Å². The summed E-state index contributed by atoms with van der Waals surface area (Å²) < 4.78 is 11.4. The first-order valence-electron chi connectivity index (χ1n) is 7.12. The van der Waals surface area contributed by atoms with E-state index in [1.165, 1.54) is 7.11 Å². The van der Waals surface area contributed by atoms with Crippen LogP contribution in [0, 0.1) is 0 Å². The first kappa shape index (κ1) is 16.2. The highest BCUT2D eigenvalue weighted by atomic mass is 79.9. The molecule has 0 radical (unpaired) electrons. The quantitative estimate of drug-likeness (QED) is 0.712. The lowest BCUT2D eigenvalue weighted by Crippen LogP contribution is -1.98. The van der Waals surface area contributed by atoms with Gasteiger partial charge in [-0.1, -0.05) is 22.0 Å². The number of halogens is 1. The van der Waals surface area contributed by atoms with E-state index in [9.17, 15) is 0 Å². The van der Waals surface area contributed by atoms with Crippen molar-refractivity contribution in [2.45, 2.75) is 0 Å². The summed E-state index contributed by atoms with van der Waals surface area (Å²) in [5, 5.41) is 3.32. The molecule has 6 nitrogen and oxygen atoms in total. The van der Waals surface area contributed by atoms with Gasteiger partial charge in [-0.2, -0.15) is 4.98 Å². The Balaban J connectivity index is 1.93. The molecule has 1 aromatic carbocycles. The molecule has 1 N–H and O–H groups in total. The molecular formula is C17H15BrN4O2. The van der Waals surface area contributed by atoms with E-state index in [2.05, 4.69) is 36.2 Å². The van der Waals surface area contributed by atoms with E-state index in [4.69, 9.17) is 9.47 Å². The van der Waals surface area contributed by atoms with Crippen molar-refractivity contribution in [2.75, 3.05) is 19.5 Å². The molecule has 0 spiro atoms. The van der Waals surface area contributed by atoms with Crippen molar-refractivity contribution in [1.29, 1.82) is 0 Å². The number of nitrogens with zero attached hydrogens (tertiary/aromatic N) is 3. The lowest BCUT2D eigenvalue weighted by Gasteiger charge is -2.10. The van der Waals surface area contributed by atoms with Crippen LogP contribution in [-0.4, -0.2) is 29.2 Å². The number of pyridine rings is 1. The van der Waals surface area contributed by atoms with Crippen molar-refractivity contribution < 1.29 is 9.47 Å². The Morgan fingerprint density at radius 2 is 1.88 bits per heavy atom. The molecule has 2 heterocycles. The van der Waals surface area contributed by atoms with Gasteiger partial charge in [0.15, 0.2) is 0 Å². The fourth-order valence-electron chi connectivity index (χ4n) is 2.19. The molecule has 0 aliphatic carbocycles. The monoisotopic (exact) mass is 386 g/mol. The Labute approximate surface area is 148 Å². The summed E-state index contributed by atoms with van der Waals surface area (Å²) in [6.07, 6.45) is 5.14. The predicted octanol–water partition coefficient (Wildman–Crippen LogP) is 4.06. The van der Waals surface area contributed by atoms with Crippen LogP contribution in [0.1, 0.15) is 0 Å². The third-order valence-electron chi connectivity index (χ3n) is 3.27. The molecule has 0 bridgehead atoms. The Morgan fingerprint density at radius 1 is 1.00 bits per heavy atom. The second kappa shape index (κ2) is 7.27. The normalized spacial score (nSPS) is 10.3. The molecule has 0 amide bonds. The summed E-state index contributed by atoms with van der Waals surface area (Å²) in [6.45, 7) is 0. The molecule has 0 aliphatic rings. The maximum atomic E-state index is 5.33. The molecular weight excluding hydrogens is 372 g/mol. The van der Waals surface area contributed by atoms with Gasteiger partial charge in [0.05, 0.1) is 31.7 Å². The number of methoxy groups -OCH3 is 2. The van der Waals surface area contributed by atoms with Crippen LogP contribution in [0.25, 0.3) is 11.1 Å². The number of benzene rings is 1. The minimum absolute atomic E-state index is 0.256. The summed E-state index contributed by atoms with van der Waals surface area (Å²) in [4.78, 5) is 12.6. The molecule has 0 fully saturated rings. The lowest BCUT2D eigenvalue weighted by atomic mass is 10.1. The average Bonchev–Trinajstić information content (AvgIpc) is 2.61. The number of hydrogen-bond donors (Lipinski definition) is 1. The van der Waals surface area contributed by atoms with Gasteiger partial charge in [0.2, 0.25) is 5.88 Å². The zero-order valence-corrected chi connectivity index (χ0v) is 14.7. The highest BCUT2D eigenvalue weighted by Crippen LogP contribution is 2.30. The van der Waals surface area contributed by atoms with Crippen LogP contribution >= 0.6 is 15.9 Å². The largest absolute Gasteiger partial charge is 0.480 e. The van der Waals surface area contributed by atoms with Crippen LogP contribution in [0.5, 0.6) is 11.9 Å². The molecule has 3 aromatic rings. The highest BCUT2D eigenvalue weighted by Gasteiger charge is 2.11. The van der Waals surface area contributed by atoms with Gasteiger partial charge in [-0.25, -0.2) is 4.98 Å². The molecule has 0 aliphatic heterocycles. The third-order valence-corrected chi connectivity index (χ3v) is 3.76. The van der Waals surface area contributed by atoms with Crippen molar-refractivity contribution in [1.82, 2.24) is 15.0 Å². The average molecular weight is 387 g/mol. The lowest BCUT2D eigenvalue weighted by molar-refractivity contribution is 0.353. The topological polar surface area (TPSA) is 69.2 Å². The Morgan fingerprint density at radius 3 is 2.62 bits per heavy atom. The SMILES string of the molecule is COc1ncc(-c2cncc(Nc3cccc(Br)c3)c2)c(OC)n1. The number of rotatable bonds is 5. The number of aromatic nitrogens is 3. The number of anilines is 2. The van der Waals surface area contributed by atoms with Gasteiger partial charge in [0.25, 0.3) is 0 Å². The van der Waals surface area contributed by atoms with E-state index < -0.39 is 0 Å². The fraction of sp³-hybridized carbons (Fsp3) is 0.118. The highest BCUT2D eigenvalue weighted by molar-refractivity contribution is 9.10. The summed E-state index contributed by atoms with van der Waals surface area (Å²) in [5.74, 6) is 0.434. The Hall–Kier alpha value is -2.67. The molecule has 24 heavy (non-hydrogen) atoms. The maximum absolute atomic E-state index is 5.33. The van der Waals surface area contributed by atoms with Crippen LogP contribution in [0.3, 0.4) is 0 Å². The van der Waals surface area contributed by atoms with E-state index in [0.717, 1.165) is 27.0 Å². The molecule has 0 saturated heterocycles. The summed E-state index contributed by atoms with van der Waals surface area (Å²) >= 11 is 3.46. The smallest absolute Gasteiger partial charge is 0.319 e. The van der Waals surface area contributed by atoms with Gasteiger partial charge in [-0.15, -0.1) is 0 Å². The number of nitrogens with one attached hydrogen (secondary N) is 1. The van der Waals surface area contributed by atoms with Crippen LogP contribution in [-0.2, 0) is 0 Å². The maximum Gasteiger partial charge on any atom is 0.319 e. The fourth-order valence-corrected chi connectivity index (χ4v) is 2.59. The Kier molecular flexibility index (Phi) is 4.90. The third kappa shape index (κ3) is 3.62. The Bertz CT molecular complexity index is 857. The van der Waals surface area contributed by atoms with Crippen molar-refractivity contribution in [2.24, 2.45) is 0 Å². The molecule has 3 rings (SSSR count). The standard InChI is InChI=1S/C17H15BrN4O2/c1-23-16-15(10-20-17(22-16)24-2)11-6-14(9-19-8-11)21-13-5-3-4-12(18)7-13/h3-10,21H,1-2H3. The second-order valence-electron chi connectivity index (χ2n) is 4.88. The van der Waals surface area contributed by atoms with E-state index in [1.54, 1.807) is 25.7 Å². The van der Waals surface area contributed by atoms with Gasteiger partial charge in [-0.05, 0) is 24.3 Å².